The van der Waals surface area contributed by atoms with Gasteiger partial charge in [-0.3, -0.25) is 9.59 Å². The normalized spacial score (nSPS) is 10.5. The lowest BCUT2D eigenvalue weighted by atomic mass is 9.96. The third-order valence-corrected chi connectivity index (χ3v) is 4.92. The Kier molecular flexibility index (Phi) is 5.43. The minimum atomic E-state index is 0. The molecule has 0 N–H and O–H groups in total. The molecule has 0 atom stereocenters. The van der Waals surface area contributed by atoms with E-state index < -0.39 is 0 Å². The van der Waals surface area contributed by atoms with E-state index in [1.807, 2.05) is 62.6 Å². The number of carbonyl (C=O) groups excluding carboxylic acids is 2. The van der Waals surface area contributed by atoms with Gasteiger partial charge in [0, 0.05) is 22.3 Å². The van der Waals surface area contributed by atoms with E-state index in [0.717, 1.165) is 45.9 Å². The van der Waals surface area contributed by atoms with Crippen LogP contribution in [0.15, 0.2) is 67.0 Å². The highest BCUT2D eigenvalue weighted by molar-refractivity contribution is 5.99. The number of aldehydes is 2. The number of halogens is 1. The van der Waals surface area contributed by atoms with Crippen LogP contribution < -0.4 is 4.57 Å². The topological polar surface area (TPSA) is 43.0 Å². The summed E-state index contributed by atoms with van der Waals surface area (Å²) < 4.78 is 4.23. The Hall–Kier alpha value is -3.24. The van der Waals surface area contributed by atoms with Crippen LogP contribution in [-0.2, 0) is 14.1 Å². The van der Waals surface area contributed by atoms with E-state index in [4.69, 9.17) is 0 Å². The summed E-state index contributed by atoms with van der Waals surface area (Å²) in [7, 11) is 4.07. The standard InChI is InChI=1S/C23H19N2O2.ClH/c1-24-15-25(2)23-21(19-9-5-17(14-27)6-10-19)12-11-20(22(23)24)18-7-3-16(13-26)4-8-18;/h3-15H,1-2H3;1H/q+1;. The highest BCUT2D eigenvalue weighted by Gasteiger charge is 2.20. The lowest BCUT2D eigenvalue weighted by Gasteiger charge is -2.08. The second-order valence-corrected chi connectivity index (χ2v) is 6.67. The fourth-order valence-corrected chi connectivity index (χ4v) is 3.62. The zero-order chi connectivity index (χ0) is 19.0. The Labute approximate surface area is 169 Å². The molecule has 0 fully saturated rings. The first kappa shape index (κ1) is 19.5. The number of benzene rings is 3. The van der Waals surface area contributed by atoms with Crippen molar-refractivity contribution in [2.45, 2.75) is 0 Å². The van der Waals surface area contributed by atoms with E-state index in [1.165, 1.54) is 0 Å². The monoisotopic (exact) mass is 391 g/mol. The molecule has 0 aliphatic carbocycles. The summed E-state index contributed by atoms with van der Waals surface area (Å²) >= 11 is 0. The van der Waals surface area contributed by atoms with E-state index in [0.29, 0.717) is 11.1 Å². The molecule has 0 aliphatic heterocycles. The van der Waals surface area contributed by atoms with Crippen molar-refractivity contribution >= 4 is 36.0 Å². The third-order valence-electron chi connectivity index (χ3n) is 4.92. The molecule has 1 heterocycles. The van der Waals surface area contributed by atoms with Crippen LogP contribution in [0.3, 0.4) is 0 Å². The number of carbonyl (C=O) groups is 2. The van der Waals surface area contributed by atoms with E-state index in [-0.39, 0.29) is 12.4 Å². The molecule has 4 aromatic rings. The van der Waals surface area contributed by atoms with E-state index in [1.54, 1.807) is 0 Å². The maximum atomic E-state index is 10.9. The Morgan fingerprint density at radius 3 is 1.71 bits per heavy atom. The number of nitrogens with zero attached hydrogens (tertiary/aromatic N) is 2. The van der Waals surface area contributed by atoms with Crippen LogP contribution in [0.1, 0.15) is 20.7 Å². The number of hydrogen-bond donors (Lipinski definition) is 0. The quantitative estimate of drug-likeness (QED) is 0.382. The molecule has 3 aromatic carbocycles. The molecule has 0 radical (unpaired) electrons. The minimum absolute atomic E-state index is 0. The van der Waals surface area contributed by atoms with Gasteiger partial charge in [-0.1, -0.05) is 48.5 Å². The maximum Gasteiger partial charge on any atom is 0.244 e. The predicted octanol–water partition coefficient (Wildman–Crippen LogP) is 4.38. The second-order valence-electron chi connectivity index (χ2n) is 6.67. The van der Waals surface area contributed by atoms with Gasteiger partial charge >= 0.3 is 0 Å². The fourth-order valence-electron chi connectivity index (χ4n) is 3.62. The number of fused-ring (bicyclic) bond motifs is 1. The van der Waals surface area contributed by atoms with Gasteiger partial charge in [0.2, 0.25) is 6.33 Å². The molecule has 0 bridgehead atoms. The van der Waals surface area contributed by atoms with Crippen LogP contribution in [-0.4, -0.2) is 17.1 Å². The first-order valence-electron chi connectivity index (χ1n) is 8.71. The van der Waals surface area contributed by atoms with E-state index in [2.05, 4.69) is 27.6 Å². The summed E-state index contributed by atoms with van der Waals surface area (Å²) in [6.07, 6.45) is 3.76. The molecular weight excluding hydrogens is 372 g/mol. The van der Waals surface area contributed by atoms with Crippen molar-refractivity contribution in [2.24, 2.45) is 14.1 Å². The van der Waals surface area contributed by atoms with E-state index >= 15 is 0 Å². The number of rotatable bonds is 4. The molecular formula is C23H20ClN2O2+. The van der Waals surface area contributed by atoms with Gasteiger partial charge in [0.1, 0.15) is 12.6 Å². The van der Waals surface area contributed by atoms with Gasteiger partial charge in [0.05, 0.1) is 14.1 Å². The maximum absolute atomic E-state index is 10.9. The largest absolute Gasteiger partial charge is 0.298 e. The third kappa shape index (κ3) is 3.23. The molecule has 0 saturated carbocycles. The molecule has 5 heteroatoms. The van der Waals surface area contributed by atoms with Crippen molar-refractivity contribution in [3.63, 3.8) is 0 Å². The van der Waals surface area contributed by atoms with Crippen LogP contribution in [0.4, 0.5) is 0 Å². The zero-order valence-electron chi connectivity index (χ0n) is 15.6. The molecule has 0 spiro atoms. The SMILES string of the molecule is Cl.Cn1c[n+](C)c2c(-c3ccc(C=O)cc3)ccc(-c3ccc(C=O)cc3)c21. The zero-order valence-corrected chi connectivity index (χ0v) is 16.4. The number of imidazole rings is 1. The lowest BCUT2D eigenvalue weighted by Crippen LogP contribution is -2.26. The van der Waals surface area contributed by atoms with Crippen molar-refractivity contribution in [1.82, 2.24) is 4.57 Å². The van der Waals surface area contributed by atoms with Gasteiger partial charge in [0.15, 0.2) is 11.0 Å². The average molecular weight is 392 g/mol. The summed E-state index contributed by atoms with van der Waals surface area (Å²) in [4.78, 5) is 21.9. The summed E-state index contributed by atoms with van der Waals surface area (Å²) in [5.41, 5.74) is 7.92. The average Bonchev–Trinajstić information content (AvgIpc) is 3.02. The summed E-state index contributed by atoms with van der Waals surface area (Å²) in [5.74, 6) is 0. The van der Waals surface area contributed by atoms with Gasteiger partial charge in [-0.25, -0.2) is 9.13 Å². The van der Waals surface area contributed by atoms with Crippen LogP contribution in [0.25, 0.3) is 33.3 Å². The fraction of sp³-hybridized carbons (Fsp3) is 0.0870. The summed E-state index contributed by atoms with van der Waals surface area (Å²) in [6.45, 7) is 0. The molecule has 140 valence electrons. The van der Waals surface area contributed by atoms with Gasteiger partial charge in [-0.05, 0) is 23.3 Å². The Balaban J connectivity index is 0.00000225. The van der Waals surface area contributed by atoms with Crippen LogP contribution in [0.5, 0.6) is 0 Å². The number of aromatic nitrogens is 2. The Morgan fingerprint density at radius 2 is 1.21 bits per heavy atom. The van der Waals surface area contributed by atoms with Crippen LogP contribution in [0.2, 0.25) is 0 Å². The van der Waals surface area contributed by atoms with Crippen molar-refractivity contribution < 1.29 is 14.2 Å². The second kappa shape index (κ2) is 7.79. The van der Waals surface area contributed by atoms with E-state index in [9.17, 15) is 9.59 Å². The summed E-state index contributed by atoms with van der Waals surface area (Å²) in [6, 6.07) is 19.5. The van der Waals surface area contributed by atoms with Crippen molar-refractivity contribution in [2.75, 3.05) is 0 Å². The molecule has 28 heavy (non-hydrogen) atoms. The first-order valence-corrected chi connectivity index (χ1v) is 8.71. The van der Waals surface area contributed by atoms with Crippen LogP contribution >= 0.6 is 12.4 Å². The molecule has 0 aliphatic rings. The number of hydrogen-bond acceptors (Lipinski definition) is 2. The molecule has 0 saturated heterocycles. The highest BCUT2D eigenvalue weighted by atomic mass is 35.5. The lowest BCUT2D eigenvalue weighted by molar-refractivity contribution is -0.645. The van der Waals surface area contributed by atoms with Crippen molar-refractivity contribution in [3.8, 4) is 22.3 Å². The molecule has 4 nitrogen and oxygen atoms in total. The minimum Gasteiger partial charge on any atom is -0.298 e. The summed E-state index contributed by atoms with van der Waals surface area (Å²) in [5, 5.41) is 0. The van der Waals surface area contributed by atoms with Gasteiger partial charge in [-0.2, -0.15) is 0 Å². The molecule has 4 rings (SSSR count). The molecule has 1 aromatic heterocycles. The van der Waals surface area contributed by atoms with Crippen molar-refractivity contribution in [3.05, 3.63) is 78.1 Å². The number of aryl methyl sites for hydroxylation is 2. The van der Waals surface area contributed by atoms with Gasteiger partial charge in [0.25, 0.3) is 0 Å². The first-order chi connectivity index (χ1) is 13.1. The molecule has 0 unspecified atom stereocenters. The van der Waals surface area contributed by atoms with Crippen LogP contribution in [0, 0.1) is 0 Å². The Morgan fingerprint density at radius 1 is 0.750 bits per heavy atom. The Bertz CT molecular complexity index is 1070. The molecule has 0 amide bonds. The van der Waals surface area contributed by atoms with Crippen molar-refractivity contribution in [1.29, 1.82) is 0 Å². The highest BCUT2D eigenvalue weighted by Crippen LogP contribution is 2.34. The smallest absolute Gasteiger partial charge is 0.244 e. The predicted molar refractivity (Wildman–Crippen MR) is 113 cm³/mol. The van der Waals surface area contributed by atoms with Gasteiger partial charge in [-0.15, -0.1) is 12.4 Å². The van der Waals surface area contributed by atoms with Gasteiger partial charge < -0.3 is 0 Å².